The highest BCUT2D eigenvalue weighted by atomic mass is 16.6. The van der Waals surface area contributed by atoms with Gasteiger partial charge in [0.25, 0.3) is 0 Å². The number of methoxy groups -OCH3 is 1. The van der Waals surface area contributed by atoms with Crippen LogP contribution in [0.4, 0.5) is 0 Å². The van der Waals surface area contributed by atoms with Crippen molar-refractivity contribution in [3.8, 4) is 11.5 Å². The van der Waals surface area contributed by atoms with Crippen molar-refractivity contribution in [3.63, 3.8) is 0 Å². The van der Waals surface area contributed by atoms with Gasteiger partial charge in [0, 0.05) is 5.56 Å². The molecule has 0 bridgehead atoms. The second-order valence-electron chi connectivity index (χ2n) is 6.31. The number of aryl methyl sites for hydroxylation is 1. The number of hydrogen-bond acceptors (Lipinski definition) is 5. The molecule has 1 aliphatic heterocycles. The third-order valence-corrected chi connectivity index (χ3v) is 4.17. The molecule has 140 valence electrons. The molecule has 0 amide bonds. The van der Waals surface area contributed by atoms with E-state index in [4.69, 9.17) is 14.2 Å². The number of ether oxygens (including phenoxy) is 3. The summed E-state index contributed by atoms with van der Waals surface area (Å²) in [7, 11) is 1.59. The molecule has 5 nitrogen and oxygen atoms in total. The van der Waals surface area contributed by atoms with E-state index in [-0.39, 0.29) is 5.70 Å². The number of nitrogens with zero attached hydrogens (tertiary/aromatic N) is 1. The van der Waals surface area contributed by atoms with Gasteiger partial charge >= 0.3 is 5.97 Å². The molecular formula is C22H23NO4. The van der Waals surface area contributed by atoms with Gasteiger partial charge in [0.2, 0.25) is 5.90 Å². The summed E-state index contributed by atoms with van der Waals surface area (Å²) in [4.78, 5) is 16.5. The Kier molecular flexibility index (Phi) is 5.91. The maximum absolute atomic E-state index is 12.2. The molecule has 0 aromatic heterocycles. The first-order chi connectivity index (χ1) is 13.1. The van der Waals surface area contributed by atoms with Crippen molar-refractivity contribution in [1.29, 1.82) is 0 Å². The fourth-order valence-corrected chi connectivity index (χ4v) is 2.61. The Morgan fingerprint density at radius 1 is 1.11 bits per heavy atom. The van der Waals surface area contributed by atoms with Gasteiger partial charge in [-0.05, 0) is 49.2 Å². The Morgan fingerprint density at radius 2 is 1.89 bits per heavy atom. The SMILES string of the molecule is CCCCOc1ccc(/C=C2\N=C(c3ccc(C)cc3)OC2=O)cc1OC. The van der Waals surface area contributed by atoms with Crippen molar-refractivity contribution in [2.75, 3.05) is 13.7 Å². The maximum atomic E-state index is 12.2. The van der Waals surface area contributed by atoms with Crippen LogP contribution >= 0.6 is 0 Å². The molecule has 0 atom stereocenters. The number of cyclic esters (lactones) is 1. The van der Waals surface area contributed by atoms with Crippen molar-refractivity contribution in [2.45, 2.75) is 26.7 Å². The lowest BCUT2D eigenvalue weighted by Gasteiger charge is -2.10. The normalized spacial score (nSPS) is 14.9. The van der Waals surface area contributed by atoms with E-state index in [1.54, 1.807) is 13.2 Å². The highest BCUT2D eigenvalue weighted by Crippen LogP contribution is 2.30. The van der Waals surface area contributed by atoms with E-state index in [0.717, 1.165) is 29.5 Å². The van der Waals surface area contributed by atoms with Crippen LogP contribution in [0.2, 0.25) is 0 Å². The van der Waals surface area contributed by atoms with Gasteiger partial charge in [0.15, 0.2) is 17.2 Å². The minimum absolute atomic E-state index is 0.257. The molecule has 0 radical (unpaired) electrons. The van der Waals surface area contributed by atoms with Crippen molar-refractivity contribution in [1.82, 2.24) is 0 Å². The van der Waals surface area contributed by atoms with Gasteiger partial charge in [0.05, 0.1) is 13.7 Å². The second kappa shape index (κ2) is 8.54. The van der Waals surface area contributed by atoms with Crippen molar-refractivity contribution < 1.29 is 19.0 Å². The van der Waals surface area contributed by atoms with Crippen LogP contribution in [-0.4, -0.2) is 25.6 Å². The van der Waals surface area contributed by atoms with Crippen LogP contribution in [0.15, 0.2) is 53.2 Å². The molecule has 0 spiro atoms. The minimum atomic E-state index is -0.465. The molecule has 1 heterocycles. The predicted octanol–water partition coefficient (Wildman–Crippen LogP) is 4.53. The Bertz CT molecular complexity index is 882. The summed E-state index contributed by atoms with van der Waals surface area (Å²) in [5.41, 5.74) is 2.95. The Labute approximate surface area is 159 Å². The molecule has 5 heteroatoms. The van der Waals surface area contributed by atoms with Crippen LogP contribution in [0, 0.1) is 6.92 Å². The smallest absolute Gasteiger partial charge is 0.363 e. The number of hydrogen-bond donors (Lipinski definition) is 0. The van der Waals surface area contributed by atoms with E-state index in [1.807, 2.05) is 49.4 Å². The molecule has 0 aliphatic carbocycles. The van der Waals surface area contributed by atoms with Crippen LogP contribution in [0.5, 0.6) is 11.5 Å². The molecule has 27 heavy (non-hydrogen) atoms. The lowest BCUT2D eigenvalue weighted by Crippen LogP contribution is -2.05. The monoisotopic (exact) mass is 365 g/mol. The van der Waals surface area contributed by atoms with Crippen LogP contribution in [0.3, 0.4) is 0 Å². The first kappa shape index (κ1) is 18.7. The third kappa shape index (κ3) is 4.56. The standard InChI is InChI=1S/C22H23NO4/c1-4-5-12-26-19-11-8-16(14-20(19)25-3)13-18-22(24)27-21(23-18)17-9-6-15(2)7-10-17/h6-11,13-14H,4-5,12H2,1-3H3/b18-13-. The average Bonchev–Trinajstić information content (AvgIpc) is 3.04. The molecule has 0 saturated heterocycles. The first-order valence-corrected chi connectivity index (χ1v) is 9.01. The number of carbonyl (C=O) groups excluding carboxylic acids is 1. The summed E-state index contributed by atoms with van der Waals surface area (Å²) in [6, 6.07) is 13.2. The topological polar surface area (TPSA) is 57.1 Å². The second-order valence-corrected chi connectivity index (χ2v) is 6.31. The van der Waals surface area contributed by atoms with E-state index in [9.17, 15) is 4.79 Å². The van der Waals surface area contributed by atoms with E-state index in [1.165, 1.54) is 0 Å². The number of esters is 1. The third-order valence-electron chi connectivity index (χ3n) is 4.17. The fraction of sp³-hybridized carbons (Fsp3) is 0.273. The van der Waals surface area contributed by atoms with Gasteiger partial charge in [0.1, 0.15) is 0 Å². The van der Waals surface area contributed by atoms with Gasteiger partial charge in [-0.25, -0.2) is 9.79 Å². The zero-order valence-corrected chi connectivity index (χ0v) is 15.8. The molecule has 2 aromatic carbocycles. The van der Waals surface area contributed by atoms with Gasteiger partial charge < -0.3 is 14.2 Å². The predicted molar refractivity (Wildman–Crippen MR) is 105 cm³/mol. The molecule has 2 aromatic rings. The summed E-state index contributed by atoms with van der Waals surface area (Å²) < 4.78 is 16.4. The van der Waals surface area contributed by atoms with Crippen molar-refractivity contribution in [3.05, 3.63) is 64.9 Å². The van der Waals surface area contributed by atoms with E-state index in [2.05, 4.69) is 11.9 Å². The summed E-state index contributed by atoms with van der Waals surface area (Å²) in [5, 5.41) is 0. The Hall–Kier alpha value is -3.08. The fourth-order valence-electron chi connectivity index (χ4n) is 2.61. The van der Waals surface area contributed by atoms with Gasteiger partial charge in [-0.3, -0.25) is 0 Å². The lowest BCUT2D eigenvalue weighted by molar-refractivity contribution is -0.129. The highest BCUT2D eigenvalue weighted by molar-refractivity contribution is 6.12. The number of rotatable bonds is 7. The average molecular weight is 365 g/mol. The zero-order chi connectivity index (χ0) is 19.2. The van der Waals surface area contributed by atoms with Gasteiger partial charge in [-0.15, -0.1) is 0 Å². The van der Waals surface area contributed by atoms with Crippen molar-refractivity contribution >= 4 is 17.9 Å². The van der Waals surface area contributed by atoms with Gasteiger partial charge in [-0.1, -0.05) is 37.1 Å². The molecule has 0 fully saturated rings. The zero-order valence-electron chi connectivity index (χ0n) is 15.8. The lowest BCUT2D eigenvalue weighted by atomic mass is 10.1. The molecule has 0 N–H and O–H groups in total. The van der Waals surface area contributed by atoms with Crippen LogP contribution in [0.1, 0.15) is 36.5 Å². The summed E-state index contributed by atoms with van der Waals surface area (Å²) >= 11 is 0. The van der Waals surface area contributed by atoms with E-state index in [0.29, 0.717) is 24.0 Å². The van der Waals surface area contributed by atoms with Gasteiger partial charge in [-0.2, -0.15) is 0 Å². The van der Waals surface area contributed by atoms with E-state index >= 15 is 0 Å². The molecule has 1 aliphatic rings. The quantitative estimate of drug-likeness (QED) is 0.411. The molecule has 0 saturated carbocycles. The Morgan fingerprint density at radius 3 is 2.59 bits per heavy atom. The van der Waals surface area contributed by atoms with E-state index < -0.39 is 5.97 Å². The van der Waals surface area contributed by atoms with Crippen LogP contribution in [-0.2, 0) is 9.53 Å². The molecule has 0 unspecified atom stereocenters. The molecule has 3 rings (SSSR count). The number of benzene rings is 2. The van der Waals surface area contributed by atoms with Crippen molar-refractivity contribution in [2.24, 2.45) is 4.99 Å². The molecular weight excluding hydrogens is 342 g/mol. The Balaban J connectivity index is 1.82. The van der Waals surface area contributed by atoms with Crippen LogP contribution < -0.4 is 9.47 Å². The number of aliphatic imine (C=N–C) groups is 1. The minimum Gasteiger partial charge on any atom is -0.493 e. The summed E-state index contributed by atoms with van der Waals surface area (Å²) in [6.07, 6.45) is 3.73. The summed E-state index contributed by atoms with van der Waals surface area (Å²) in [6.45, 7) is 4.76. The first-order valence-electron chi connectivity index (χ1n) is 9.01. The number of unbranched alkanes of at least 4 members (excludes halogenated alkanes) is 1. The van der Waals surface area contributed by atoms with Crippen LogP contribution in [0.25, 0.3) is 6.08 Å². The maximum Gasteiger partial charge on any atom is 0.363 e. The number of carbonyl (C=O) groups is 1. The highest BCUT2D eigenvalue weighted by Gasteiger charge is 2.24. The summed E-state index contributed by atoms with van der Waals surface area (Å²) in [5.74, 6) is 1.16. The largest absolute Gasteiger partial charge is 0.493 e.